The molecule has 1 N–H and O–H groups in total. The highest BCUT2D eigenvalue weighted by Crippen LogP contribution is 2.34. The summed E-state index contributed by atoms with van der Waals surface area (Å²) in [6.07, 6.45) is -9.31. The van der Waals surface area contributed by atoms with Crippen LogP contribution in [0.5, 0.6) is 0 Å². The Kier molecular flexibility index (Phi) is 4.31. The zero-order valence-electron chi connectivity index (χ0n) is 12.2. The van der Waals surface area contributed by atoms with E-state index in [1.54, 1.807) is 0 Å². The monoisotopic (exact) mass is 377 g/mol. The first-order valence-corrected chi connectivity index (χ1v) is 7.75. The number of aromatic nitrogens is 2. The molecule has 0 bridgehead atoms. The second-order valence-electron chi connectivity index (χ2n) is 5.04. The van der Waals surface area contributed by atoms with Gasteiger partial charge in [-0.15, -0.1) is 11.3 Å². The van der Waals surface area contributed by atoms with E-state index in [2.05, 4.69) is 15.3 Å². The summed E-state index contributed by atoms with van der Waals surface area (Å²) >= 11 is 1.10. The Morgan fingerprint density at radius 1 is 0.920 bits per heavy atom. The zero-order valence-corrected chi connectivity index (χ0v) is 13.1. The fourth-order valence-corrected chi connectivity index (χ4v) is 3.04. The van der Waals surface area contributed by atoms with Crippen LogP contribution in [-0.2, 0) is 18.9 Å². The van der Waals surface area contributed by atoms with Gasteiger partial charge in [-0.1, -0.05) is 18.2 Å². The van der Waals surface area contributed by atoms with E-state index < -0.39 is 23.7 Å². The van der Waals surface area contributed by atoms with E-state index in [0.29, 0.717) is 4.70 Å². The maximum absolute atomic E-state index is 13.0. The van der Waals surface area contributed by atoms with Gasteiger partial charge in [-0.3, -0.25) is 0 Å². The normalized spacial score (nSPS) is 12.6. The highest BCUT2D eigenvalue weighted by atomic mass is 32.1. The molecular formula is C15H9F6N3S. The van der Waals surface area contributed by atoms with Crippen LogP contribution in [0.1, 0.15) is 17.0 Å². The molecule has 132 valence electrons. The number of hydrogen-bond donors (Lipinski definition) is 1. The average molecular weight is 377 g/mol. The van der Waals surface area contributed by atoms with Crippen molar-refractivity contribution in [3.8, 4) is 0 Å². The molecule has 3 nitrogen and oxygen atoms in total. The van der Waals surface area contributed by atoms with Gasteiger partial charge < -0.3 is 5.32 Å². The van der Waals surface area contributed by atoms with Gasteiger partial charge in [0.15, 0.2) is 0 Å². The third kappa shape index (κ3) is 3.68. The van der Waals surface area contributed by atoms with Crippen molar-refractivity contribution in [1.29, 1.82) is 0 Å². The highest BCUT2D eigenvalue weighted by Gasteiger charge is 2.36. The van der Waals surface area contributed by atoms with Gasteiger partial charge in [0.05, 0.1) is 15.8 Å². The van der Waals surface area contributed by atoms with Crippen LogP contribution in [0.3, 0.4) is 0 Å². The Hall–Kier alpha value is -2.36. The van der Waals surface area contributed by atoms with Gasteiger partial charge in [-0.25, -0.2) is 9.97 Å². The number of hydrogen-bond acceptors (Lipinski definition) is 4. The summed E-state index contributed by atoms with van der Waals surface area (Å²) < 4.78 is 78.0. The van der Waals surface area contributed by atoms with Gasteiger partial charge in [-0.05, 0) is 23.1 Å². The van der Waals surface area contributed by atoms with Gasteiger partial charge in [0.25, 0.3) is 0 Å². The van der Waals surface area contributed by atoms with E-state index in [1.807, 2.05) is 0 Å². The van der Waals surface area contributed by atoms with Crippen LogP contribution in [0.2, 0.25) is 0 Å². The molecule has 0 saturated heterocycles. The molecule has 2 heterocycles. The lowest BCUT2D eigenvalue weighted by Crippen LogP contribution is -2.15. The highest BCUT2D eigenvalue weighted by molar-refractivity contribution is 7.17. The number of fused-ring (bicyclic) bond motifs is 1. The van der Waals surface area contributed by atoms with Crippen molar-refractivity contribution in [2.45, 2.75) is 18.9 Å². The Bertz CT molecular complexity index is 900. The number of halogens is 6. The minimum absolute atomic E-state index is 0.0823. The molecular weight excluding hydrogens is 368 g/mol. The van der Waals surface area contributed by atoms with Gasteiger partial charge in [0, 0.05) is 6.54 Å². The van der Waals surface area contributed by atoms with Crippen molar-refractivity contribution >= 4 is 27.4 Å². The van der Waals surface area contributed by atoms with Crippen molar-refractivity contribution in [2.75, 3.05) is 5.32 Å². The summed E-state index contributed by atoms with van der Waals surface area (Å²) in [7, 11) is 0. The van der Waals surface area contributed by atoms with Crippen LogP contribution in [0.25, 0.3) is 10.2 Å². The Labute approximate surface area is 141 Å². The smallest absolute Gasteiger partial charge is 0.365 e. The molecule has 25 heavy (non-hydrogen) atoms. The van der Waals surface area contributed by atoms with Crippen LogP contribution in [0.4, 0.5) is 32.2 Å². The SMILES string of the molecule is FC(F)(F)c1nc(NCc2ccccc2C(F)(F)F)c2sccc2n1. The molecule has 3 aromatic rings. The average Bonchev–Trinajstić information content (AvgIpc) is 2.99. The predicted octanol–water partition coefficient (Wildman–Crippen LogP) is 5.34. The van der Waals surface area contributed by atoms with Crippen molar-refractivity contribution in [3.05, 3.63) is 52.7 Å². The first kappa shape index (κ1) is 17.5. The van der Waals surface area contributed by atoms with Gasteiger partial charge in [0.2, 0.25) is 5.82 Å². The van der Waals surface area contributed by atoms with Crippen LogP contribution in [0, 0.1) is 0 Å². The topological polar surface area (TPSA) is 37.8 Å². The fourth-order valence-electron chi connectivity index (χ4n) is 2.24. The van der Waals surface area contributed by atoms with Crippen LogP contribution < -0.4 is 5.32 Å². The Balaban J connectivity index is 1.96. The molecule has 0 fully saturated rings. The molecule has 10 heteroatoms. The molecule has 0 aliphatic carbocycles. The quantitative estimate of drug-likeness (QED) is 0.626. The number of alkyl halides is 6. The number of anilines is 1. The number of benzene rings is 1. The van der Waals surface area contributed by atoms with E-state index in [-0.39, 0.29) is 23.4 Å². The molecule has 1 aromatic carbocycles. The molecule has 0 unspecified atom stereocenters. The van der Waals surface area contributed by atoms with Gasteiger partial charge in [0.1, 0.15) is 5.82 Å². The number of nitrogens with one attached hydrogen (secondary N) is 1. The van der Waals surface area contributed by atoms with E-state index >= 15 is 0 Å². The number of nitrogens with zero attached hydrogens (tertiary/aromatic N) is 2. The number of thiophene rings is 1. The molecule has 0 spiro atoms. The van der Waals surface area contributed by atoms with Gasteiger partial charge >= 0.3 is 12.4 Å². The second-order valence-corrected chi connectivity index (χ2v) is 5.95. The van der Waals surface area contributed by atoms with E-state index in [0.717, 1.165) is 17.4 Å². The Morgan fingerprint density at radius 3 is 2.32 bits per heavy atom. The molecule has 0 radical (unpaired) electrons. The second kappa shape index (κ2) is 6.17. The minimum atomic E-state index is -4.75. The van der Waals surface area contributed by atoms with Crippen molar-refractivity contribution in [1.82, 2.24) is 9.97 Å². The molecule has 0 atom stereocenters. The largest absolute Gasteiger partial charge is 0.451 e. The summed E-state index contributed by atoms with van der Waals surface area (Å²) in [4.78, 5) is 6.87. The summed E-state index contributed by atoms with van der Waals surface area (Å²) in [5, 5.41) is 4.11. The maximum atomic E-state index is 13.0. The third-order valence-electron chi connectivity index (χ3n) is 3.33. The summed E-state index contributed by atoms with van der Waals surface area (Å²) in [6, 6.07) is 6.24. The van der Waals surface area contributed by atoms with Crippen LogP contribution >= 0.6 is 11.3 Å². The molecule has 3 rings (SSSR count). The summed E-state index contributed by atoms with van der Waals surface area (Å²) in [5.41, 5.74) is -0.860. The summed E-state index contributed by atoms with van der Waals surface area (Å²) in [6.45, 7) is -0.322. The molecule has 0 saturated carbocycles. The van der Waals surface area contributed by atoms with Crippen molar-refractivity contribution in [2.24, 2.45) is 0 Å². The minimum Gasteiger partial charge on any atom is -0.365 e. The lowest BCUT2D eigenvalue weighted by molar-refractivity contribution is -0.144. The number of rotatable bonds is 3. The van der Waals surface area contributed by atoms with Crippen molar-refractivity contribution in [3.63, 3.8) is 0 Å². The molecule has 2 aromatic heterocycles. The lowest BCUT2D eigenvalue weighted by atomic mass is 10.1. The summed E-state index contributed by atoms with van der Waals surface area (Å²) in [5.74, 6) is -1.49. The molecule has 0 aliphatic heterocycles. The first-order chi connectivity index (χ1) is 11.7. The van der Waals surface area contributed by atoms with Crippen LogP contribution in [-0.4, -0.2) is 9.97 Å². The molecule has 0 amide bonds. The van der Waals surface area contributed by atoms with E-state index in [4.69, 9.17) is 0 Å². The molecule has 0 aliphatic rings. The van der Waals surface area contributed by atoms with E-state index in [1.165, 1.54) is 29.6 Å². The van der Waals surface area contributed by atoms with E-state index in [9.17, 15) is 26.3 Å². The van der Waals surface area contributed by atoms with Crippen LogP contribution in [0.15, 0.2) is 35.7 Å². The van der Waals surface area contributed by atoms with Crippen molar-refractivity contribution < 1.29 is 26.3 Å². The predicted molar refractivity (Wildman–Crippen MR) is 81.2 cm³/mol. The maximum Gasteiger partial charge on any atom is 0.451 e. The van der Waals surface area contributed by atoms with Gasteiger partial charge in [-0.2, -0.15) is 26.3 Å². The lowest BCUT2D eigenvalue weighted by Gasteiger charge is -2.14. The standard InChI is InChI=1S/C15H9F6N3S/c16-14(17,18)9-4-2-1-3-8(9)7-22-12-11-10(5-6-25-11)23-13(24-12)15(19,20)21/h1-6H,7H2,(H,22,23,24). The fraction of sp³-hybridized carbons (Fsp3) is 0.200. The zero-order chi connectivity index (χ0) is 18.2. The third-order valence-corrected chi connectivity index (χ3v) is 4.24. The first-order valence-electron chi connectivity index (χ1n) is 6.87. The Morgan fingerprint density at radius 2 is 1.64 bits per heavy atom.